The summed E-state index contributed by atoms with van der Waals surface area (Å²) in [4.78, 5) is 49.8. The van der Waals surface area contributed by atoms with Gasteiger partial charge in [-0.15, -0.1) is 11.3 Å². The first-order chi connectivity index (χ1) is 38.1. The maximum Gasteiger partial charge on any atom is 0.243 e. The predicted molar refractivity (Wildman–Crippen MR) is 312 cm³/mol. The van der Waals surface area contributed by atoms with Gasteiger partial charge >= 0.3 is 0 Å². The fourth-order valence-electron chi connectivity index (χ4n) is 13.1. The maximum atomic E-state index is 14.4. The molecule has 4 atom stereocenters. The van der Waals surface area contributed by atoms with Gasteiger partial charge in [-0.1, -0.05) is 68.7 Å². The van der Waals surface area contributed by atoms with Crippen LogP contribution >= 0.6 is 11.3 Å². The summed E-state index contributed by atoms with van der Waals surface area (Å²) >= 11 is 1.62. The Labute approximate surface area is 470 Å². The minimum Gasteiger partial charge on any atom is -0.507 e. The highest BCUT2D eigenvalue weighted by molar-refractivity contribution is 7.13. The summed E-state index contributed by atoms with van der Waals surface area (Å²) in [5.74, 6) is 2.20. The number of aryl methyl sites for hydroxylation is 1. The first kappa shape index (κ1) is 55.5. The van der Waals surface area contributed by atoms with Crippen LogP contribution in [-0.2, 0) is 9.59 Å². The Morgan fingerprint density at radius 3 is 2.39 bits per heavy atom. The van der Waals surface area contributed by atoms with Crippen LogP contribution in [0.15, 0.2) is 101 Å². The second kappa shape index (κ2) is 24.3. The molecule has 2 aromatic carbocycles. The van der Waals surface area contributed by atoms with Gasteiger partial charge in [-0.05, 0) is 137 Å². The number of ether oxygens (including phenoxy) is 1. The molecule has 7 heterocycles. The number of piperidine rings is 2. The van der Waals surface area contributed by atoms with Crippen molar-refractivity contribution in [2.75, 3.05) is 68.7 Å². The first-order valence-corrected chi connectivity index (χ1v) is 29.7. The van der Waals surface area contributed by atoms with Gasteiger partial charge in [-0.3, -0.25) is 9.59 Å². The molecule has 1 saturated carbocycles. The molecule has 5 fully saturated rings. The SMILES string of the molecule is CCCC1CN(C(/C=C(\N)c2ccccc2O)=C(N)N)CCN1c1ccnc(OC2CC3(CCN(CC4CCN(c5cc(C(C(=O)N6CCCC6C(=O)NC(C)c6ccc(-c7scnc7C)cc6)C(C)C)on5)CC4)CC3)C2)c1. The average Bonchev–Trinajstić information content (AvgIpc) is 4.27. The van der Waals surface area contributed by atoms with Crippen molar-refractivity contribution in [1.29, 1.82) is 0 Å². The van der Waals surface area contributed by atoms with E-state index in [9.17, 15) is 14.7 Å². The molecule has 0 bridgehead atoms. The number of aromatic hydroxyl groups is 1. The van der Waals surface area contributed by atoms with Crippen LogP contribution in [-0.4, -0.2) is 124 Å². The molecule has 79 heavy (non-hydrogen) atoms. The number of benzene rings is 2. The topological polar surface area (TPSA) is 222 Å². The number of allylic oxidation sites excluding steroid dienone is 1. The van der Waals surface area contributed by atoms with Gasteiger partial charge in [0.25, 0.3) is 0 Å². The van der Waals surface area contributed by atoms with Crippen molar-refractivity contribution in [2.24, 2.45) is 34.5 Å². The van der Waals surface area contributed by atoms with Gasteiger partial charge in [0, 0.05) is 87.1 Å². The summed E-state index contributed by atoms with van der Waals surface area (Å²) in [7, 11) is 0. The number of phenolic OH excluding ortho intramolecular Hbond substituents is 1. The number of aromatic nitrogens is 3. The van der Waals surface area contributed by atoms with Gasteiger partial charge in [0.15, 0.2) is 11.6 Å². The van der Waals surface area contributed by atoms with Crippen molar-refractivity contribution >= 4 is 40.4 Å². The number of hydrogen-bond acceptors (Lipinski definition) is 16. The molecule has 18 heteroatoms. The molecular weight excluding hydrogens is 1010 g/mol. The lowest BCUT2D eigenvalue weighted by Gasteiger charge is -2.52. The van der Waals surface area contributed by atoms with Crippen LogP contribution in [0, 0.1) is 24.2 Å². The Bertz CT molecular complexity index is 2950. The Morgan fingerprint density at radius 1 is 0.937 bits per heavy atom. The number of amides is 2. The monoisotopic (exact) mass is 1090 g/mol. The fourth-order valence-corrected chi connectivity index (χ4v) is 13.9. The first-order valence-electron chi connectivity index (χ1n) is 28.9. The number of nitrogens with zero attached hydrogens (tertiary/aromatic N) is 8. The van der Waals surface area contributed by atoms with E-state index >= 15 is 0 Å². The molecule has 4 aliphatic heterocycles. The molecule has 10 rings (SSSR count). The second-order valence-corrected chi connectivity index (χ2v) is 24.2. The van der Waals surface area contributed by atoms with Crippen molar-refractivity contribution in [3.8, 4) is 22.1 Å². The number of para-hydroxylation sites is 1. The van der Waals surface area contributed by atoms with E-state index in [4.69, 9.17) is 26.5 Å². The number of nitrogens with two attached hydrogens (primary N) is 3. The molecule has 4 unspecified atom stereocenters. The number of pyridine rings is 1. The van der Waals surface area contributed by atoms with E-state index in [2.05, 4.69) is 83.4 Å². The lowest BCUT2D eigenvalue weighted by atomic mass is 9.61. The number of thiazole rings is 1. The number of anilines is 2. The minimum absolute atomic E-state index is 0.0397. The van der Waals surface area contributed by atoms with Crippen LogP contribution in [0.25, 0.3) is 16.1 Å². The third-order valence-corrected chi connectivity index (χ3v) is 18.6. The number of piperazine rings is 1. The lowest BCUT2D eigenvalue weighted by Crippen LogP contribution is -2.53. The fraction of sp³-hybridized carbons (Fsp3) is 0.525. The quantitative estimate of drug-likeness (QED) is 0.0518. The van der Waals surface area contributed by atoms with Crippen LogP contribution in [0.5, 0.6) is 11.6 Å². The molecule has 3 aromatic heterocycles. The normalized spacial score (nSPS) is 21.1. The Morgan fingerprint density at radius 2 is 1.70 bits per heavy atom. The molecule has 0 radical (unpaired) electrons. The zero-order valence-electron chi connectivity index (χ0n) is 46.9. The van der Waals surface area contributed by atoms with Gasteiger partial charge in [0.1, 0.15) is 29.6 Å². The number of likely N-dealkylation sites (tertiary alicyclic amines) is 2. The van der Waals surface area contributed by atoms with Crippen LogP contribution in [0.3, 0.4) is 0 Å². The van der Waals surface area contributed by atoms with Crippen molar-refractivity contribution in [3.63, 3.8) is 0 Å². The Kier molecular flexibility index (Phi) is 17.1. The summed E-state index contributed by atoms with van der Waals surface area (Å²) < 4.78 is 12.6. The summed E-state index contributed by atoms with van der Waals surface area (Å²) in [5.41, 5.74) is 27.0. The molecule has 1 aliphatic carbocycles. The summed E-state index contributed by atoms with van der Waals surface area (Å²) in [6.45, 7) is 18.2. The third-order valence-electron chi connectivity index (χ3n) is 17.6. The highest BCUT2D eigenvalue weighted by Gasteiger charge is 2.48. The van der Waals surface area contributed by atoms with Gasteiger partial charge in [-0.25, -0.2) is 9.97 Å². The number of hydrogen-bond donors (Lipinski definition) is 5. The highest BCUT2D eigenvalue weighted by atomic mass is 32.1. The Hall–Kier alpha value is -6.79. The van der Waals surface area contributed by atoms with Crippen LogP contribution in [0.1, 0.15) is 126 Å². The van der Waals surface area contributed by atoms with Gasteiger partial charge in [-0.2, -0.15) is 0 Å². The van der Waals surface area contributed by atoms with E-state index in [1.807, 2.05) is 51.5 Å². The highest BCUT2D eigenvalue weighted by Crippen LogP contribution is 2.50. The molecule has 5 aromatic rings. The van der Waals surface area contributed by atoms with E-state index in [1.54, 1.807) is 40.5 Å². The van der Waals surface area contributed by atoms with E-state index in [0.717, 1.165) is 124 Å². The zero-order chi connectivity index (χ0) is 55.4. The summed E-state index contributed by atoms with van der Waals surface area (Å²) in [6, 6.07) is 20.9. The minimum atomic E-state index is -0.531. The number of carbonyl (C=O) groups is 2. The van der Waals surface area contributed by atoms with Crippen molar-refractivity contribution in [3.05, 3.63) is 119 Å². The molecular formula is C61H82N12O5S. The second-order valence-electron chi connectivity index (χ2n) is 23.4. The van der Waals surface area contributed by atoms with Gasteiger partial charge in [0.2, 0.25) is 17.7 Å². The van der Waals surface area contributed by atoms with Gasteiger partial charge < -0.3 is 61.4 Å². The standard InChI is InChI=1S/C61H82N12O5S/c1-6-10-46-37-71(51(58(63)64)32-49(62)48-11-7-8-13-52(48)74)29-30-72(46)45-18-23-65-55(31-45)77-47-34-61(35-47)21-27-69(28-22-61)36-42-19-25-70(26-20-42)54-33-53(78-68-54)56(39(2)3)60(76)73-24-9-12-50(73)59(75)67-40(4)43-14-16-44(17-15-43)57-41(5)66-38-79-57/h7-8,11,13-18,23,31-33,38-40,42,46-47,50,56,74H,6,9-10,12,19-22,24-30,34-37,62-64H2,1-5H3,(H,67,75)/b49-32-. The van der Waals surface area contributed by atoms with E-state index in [0.29, 0.717) is 59.4 Å². The average molecular weight is 1100 g/mol. The maximum absolute atomic E-state index is 14.4. The summed E-state index contributed by atoms with van der Waals surface area (Å²) in [5, 5.41) is 18.1. The molecule has 4 saturated heterocycles. The molecule has 1 spiro atoms. The molecule has 8 N–H and O–H groups in total. The third kappa shape index (κ3) is 12.5. The molecule has 5 aliphatic rings. The van der Waals surface area contributed by atoms with Crippen LogP contribution in [0.2, 0.25) is 0 Å². The van der Waals surface area contributed by atoms with E-state index in [1.165, 1.54) is 12.8 Å². The lowest BCUT2D eigenvalue weighted by molar-refractivity contribution is -0.141. The van der Waals surface area contributed by atoms with Gasteiger partial charge in [0.05, 0.1) is 27.8 Å². The van der Waals surface area contributed by atoms with E-state index in [-0.39, 0.29) is 47.5 Å². The number of nitrogens with one attached hydrogen (secondary N) is 1. The molecule has 2 amide bonds. The van der Waals surface area contributed by atoms with Crippen molar-refractivity contribution in [2.45, 2.75) is 129 Å². The smallest absolute Gasteiger partial charge is 0.243 e. The van der Waals surface area contributed by atoms with Crippen LogP contribution in [0.4, 0.5) is 11.5 Å². The zero-order valence-corrected chi connectivity index (χ0v) is 47.7. The van der Waals surface area contributed by atoms with Crippen molar-refractivity contribution in [1.82, 2.24) is 35.1 Å². The molecule has 422 valence electrons. The number of carbonyl (C=O) groups excluding carboxylic acids is 2. The molecule has 17 nitrogen and oxygen atoms in total. The largest absolute Gasteiger partial charge is 0.507 e. The predicted octanol–water partition coefficient (Wildman–Crippen LogP) is 8.73. The van der Waals surface area contributed by atoms with Crippen molar-refractivity contribution < 1.29 is 24.0 Å². The number of rotatable bonds is 18. The summed E-state index contributed by atoms with van der Waals surface area (Å²) in [6.07, 6.45) is 13.9. The van der Waals surface area contributed by atoms with E-state index < -0.39 is 12.0 Å². The number of phenols is 1. The Balaban J connectivity index is 0.661. The van der Waals surface area contributed by atoms with Crippen LogP contribution < -0.4 is 37.1 Å².